The van der Waals surface area contributed by atoms with E-state index in [-0.39, 0.29) is 24.1 Å². The molecule has 0 aliphatic carbocycles. The molecule has 2 rings (SSSR count). The van der Waals surface area contributed by atoms with Crippen molar-refractivity contribution in [1.29, 1.82) is 0 Å². The Morgan fingerprint density at radius 2 is 2.35 bits per heavy atom. The maximum atomic E-state index is 12.2. The lowest BCUT2D eigenvalue weighted by Gasteiger charge is -2.22. The van der Waals surface area contributed by atoms with E-state index in [0.717, 1.165) is 25.8 Å². The number of anilines is 1. The fourth-order valence-corrected chi connectivity index (χ4v) is 2.22. The van der Waals surface area contributed by atoms with Gasteiger partial charge in [0.05, 0.1) is 18.8 Å². The molecule has 1 aromatic rings. The van der Waals surface area contributed by atoms with Crippen molar-refractivity contribution in [1.82, 2.24) is 15.1 Å². The number of piperidine rings is 1. The predicted octanol–water partition coefficient (Wildman–Crippen LogP) is 0.677. The van der Waals surface area contributed by atoms with Crippen molar-refractivity contribution >= 4 is 17.7 Å². The number of amides is 1. The quantitative estimate of drug-likeness (QED) is 0.792. The Balaban J connectivity index is 2.10. The van der Waals surface area contributed by atoms with E-state index in [2.05, 4.69) is 15.7 Å². The average Bonchev–Trinajstić information content (AvgIpc) is 2.81. The zero-order chi connectivity index (χ0) is 14.5. The van der Waals surface area contributed by atoms with Gasteiger partial charge in [-0.05, 0) is 26.3 Å². The lowest BCUT2D eigenvalue weighted by molar-refractivity contribution is -0.118. The summed E-state index contributed by atoms with van der Waals surface area (Å²) in [5.74, 6) is -0.243. The molecule has 7 nitrogen and oxygen atoms in total. The summed E-state index contributed by atoms with van der Waals surface area (Å²) in [6.07, 6.45) is 4.32. The Morgan fingerprint density at radius 1 is 1.55 bits per heavy atom. The zero-order valence-corrected chi connectivity index (χ0v) is 11.8. The van der Waals surface area contributed by atoms with Gasteiger partial charge in [-0.2, -0.15) is 5.10 Å². The summed E-state index contributed by atoms with van der Waals surface area (Å²) in [6, 6.07) is -0.214. The average molecular weight is 280 g/mol. The molecule has 2 heterocycles. The van der Waals surface area contributed by atoms with E-state index in [1.807, 2.05) is 0 Å². The largest absolute Gasteiger partial charge is 0.462 e. The van der Waals surface area contributed by atoms with E-state index in [4.69, 9.17) is 4.74 Å². The van der Waals surface area contributed by atoms with Crippen LogP contribution in [0.15, 0.2) is 6.20 Å². The molecule has 2 N–H and O–H groups in total. The highest BCUT2D eigenvalue weighted by atomic mass is 16.5. The van der Waals surface area contributed by atoms with Crippen LogP contribution in [-0.4, -0.2) is 40.9 Å². The molecule has 0 bridgehead atoms. The first-order valence-corrected chi connectivity index (χ1v) is 6.87. The van der Waals surface area contributed by atoms with Crippen molar-refractivity contribution in [3.8, 4) is 0 Å². The van der Waals surface area contributed by atoms with Gasteiger partial charge in [0.1, 0.15) is 11.4 Å². The number of aryl methyl sites for hydroxylation is 1. The summed E-state index contributed by atoms with van der Waals surface area (Å²) in [4.78, 5) is 24.0. The van der Waals surface area contributed by atoms with Crippen LogP contribution in [0.5, 0.6) is 0 Å². The second-order valence-electron chi connectivity index (χ2n) is 4.74. The summed E-state index contributed by atoms with van der Waals surface area (Å²) in [5.41, 5.74) is 0.276. The van der Waals surface area contributed by atoms with Crippen molar-refractivity contribution in [2.45, 2.75) is 32.2 Å². The van der Waals surface area contributed by atoms with E-state index < -0.39 is 5.97 Å². The normalized spacial score (nSPS) is 18.6. The fraction of sp³-hybridized carbons (Fsp3) is 0.615. The van der Waals surface area contributed by atoms with E-state index >= 15 is 0 Å². The predicted molar refractivity (Wildman–Crippen MR) is 73.4 cm³/mol. The first kappa shape index (κ1) is 14.5. The third kappa shape index (κ3) is 3.16. The number of rotatable bonds is 4. The van der Waals surface area contributed by atoms with E-state index in [9.17, 15) is 9.59 Å². The molecular weight excluding hydrogens is 260 g/mol. The highest BCUT2D eigenvalue weighted by molar-refractivity contribution is 6.01. The van der Waals surface area contributed by atoms with Crippen LogP contribution in [0.25, 0.3) is 0 Å². The molecule has 0 radical (unpaired) electrons. The molecule has 1 saturated heterocycles. The molecule has 1 atom stereocenters. The van der Waals surface area contributed by atoms with Gasteiger partial charge in [0.25, 0.3) is 0 Å². The molecule has 1 aliphatic rings. The van der Waals surface area contributed by atoms with Gasteiger partial charge in [-0.15, -0.1) is 0 Å². The fourth-order valence-electron chi connectivity index (χ4n) is 2.22. The van der Waals surface area contributed by atoms with Gasteiger partial charge in [-0.1, -0.05) is 6.42 Å². The highest BCUT2D eigenvalue weighted by Gasteiger charge is 2.24. The van der Waals surface area contributed by atoms with Crippen LogP contribution in [0.2, 0.25) is 0 Å². The lowest BCUT2D eigenvalue weighted by Crippen LogP contribution is -2.43. The lowest BCUT2D eigenvalue weighted by atomic mass is 10.0. The Kier molecular flexibility index (Phi) is 4.73. The maximum Gasteiger partial charge on any atom is 0.343 e. The van der Waals surface area contributed by atoms with Gasteiger partial charge in [0, 0.05) is 7.05 Å². The summed E-state index contributed by atoms with van der Waals surface area (Å²) in [5, 5.41) is 9.93. The minimum atomic E-state index is -0.479. The summed E-state index contributed by atoms with van der Waals surface area (Å²) >= 11 is 0. The van der Waals surface area contributed by atoms with Crippen LogP contribution in [0.1, 0.15) is 36.5 Å². The number of carbonyl (C=O) groups is 2. The number of nitrogens with one attached hydrogen (secondary N) is 2. The Hall–Kier alpha value is -1.89. The van der Waals surface area contributed by atoms with Crippen molar-refractivity contribution < 1.29 is 14.3 Å². The summed E-state index contributed by atoms with van der Waals surface area (Å²) in [6.45, 7) is 2.86. The SMILES string of the molecule is CCOC(=O)c1cnn(C)c1NC(=O)C1CCCCN1. The van der Waals surface area contributed by atoms with Crippen LogP contribution in [-0.2, 0) is 16.6 Å². The van der Waals surface area contributed by atoms with E-state index in [1.165, 1.54) is 10.9 Å². The molecule has 7 heteroatoms. The van der Waals surface area contributed by atoms with Gasteiger partial charge >= 0.3 is 5.97 Å². The second kappa shape index (κ2) is 6.51. The number of carbonyl (C=O) groups excluding carboxylic acids is 2. The van der Waals surface area contributed by atoms with Gasteiger partial charge < -0.3 is 15.4 Å². The number of ether oxygens (including phenoxy) is 1. The second-order valence-corrected chi connectivity index (χ2v) is 4.74. The van der Waals surface area contributed by atoms with Gasteiger partial charge in [0.15, 0.2) is 0 Å². The first-order chi connectivity index (χ1) is 9.63. The smallest absolute Gasteiger partial charge is 0.343 e. The maximum absolute atomic E-state index is 12.2. The van der Waals surface area contributed by atoms with E-state index in [0.29, 0.717) is 5.82 Å². The number of esters is 1. The minimum Gasteiger partial charge on any atom is -0.462 e. The highest BCUT2D eigenvalue weighted by Crippen LogP contribution is 2.17. The molecule has 0 aromatic carbocycles. The standard InChI is InChI=1S/C13H20N4O3/c1-3-20-13(19)9-8-15-17(2)11(9)16-12(18)10-6-4-5-7-14-10/h8,10,14H,3-7H2,1-2H3,(H,16,18). The monoisotopic (exact) mass is 280 g/mol. The Bertz CT molecular complexity index is 492. The molecular formula is C13H20N4O3. The topological polar surface area (TPSA) is 85.2 Å². The third-order valence-corrected chi connectivity index (χ3v) is 3.30. The van der Waals surface area contributed by atoms with Crippen molar-refractivity contribution in [3.63, 3.8) is 0 Å². The van der Waals surface area contributed by atoms with Crippen molar-refractivity contribution in [3.05, 3.63) is 11.8 Å². The van der Waals surface area contributed by atoms with Crippen LogP contribution < -0.4 is 10.6 Å². The Labute approximate surface area is 117 Å². The minimum absolute atomic E-state index is 0.140. The molecule has 1 unspecified atom stereocenters. The molecule has 1 fully saturated rings. The molecule has 1 amide bonds. The van der Waals surface area contributed by atoms with Gasteiger partial charge in [-0.25, -0.2) is 4.79 Å². The first-order valence-electron chi connectivity index (χ1n) is 6.87. The van der Waals surface area contributed by atoms with Gasteiger partial charge in [-0.3, -0.25) is 9.48 Å². The summed E-state index contributed by atoms with van der Waals surface area (Å²) < 4.78 is 6.42. The van der Waals surface area contributed by atoms with Crippen LogP contribution >= 0.6 is 0 Å². The van der Waals surface area contributed by atoms with E-state index in [1.54, 1.807) is 14.0 Å². The molecule has 0 saturated carbocycles. The molecule has 110 valence electrons. The van der Waals surface area contributed by atoms with Crippen LogP contribution in [0.4, 0.5) is 5.82 Å². The number of aromatic nitrogens is 2. The molecule has 0 spiro atoms. The molecule has 20 heavy (non-hydrogen) atoms. The molecule has 1 aliphatic heterocycles. The Morgan fingerprint density at radius 3 is 3.00 bits per heavy atom. The van der Waals surface area contributed by atoms with Crippen LogP contribution in [0, 0.1) is 0 Å². The van der Waals surface area contributed by atoms with Crippen molar-refractivity contribution in [2.24, 2.45) is 7.05 Å². The number of nitrogens with zero attached hydrogens (tertiary/aromatic N) is 2. The summed E-state index contributed by atoms with van der Waals surface area (Å²) in [7, 11) is 1.67. The third-order valence-electron chi connectivity index (χ3n) is 3.30. The number of hydrogen-bond acceptors (Lipinski definition) is 5. The molecule has 1 aromatic heterocycles. The number of hydrogen-bond donors (Lipinski definition) is 2. The van der Waals surface area contributed by atoms with Crippen LogP contribution in [0.3, 0.4) is 0 Å². The van der Waals surface area contributed by atoms with Gasteiger partial charge in [0.2, 0.25) is 5.91 Å². The zero-order valence-electron chi connectivity index (χ0n) is 11.8. The van der Waals surface area contributed by atoms with Crippen molar-refractivity contribution in [2.75, 3.05) is 18.5 Å².